The maximum Gasteiger partial charge on any atom is 0.0650 e. The van der Waals surface area contributed by atoms with Crippen LogP contribution in [0.25, 0.3) is 0 Å². The fourth-order valence-corrected chi connectivity index (χ4v) is 2.03. The Labute approximate surface area is 106 Å². The van der Waals surface area contributed by atoms with Crippen LogP contribution in [0.4, 0.5) is 0 Å². The van der Waals surface area contributed by atoms with E-state index >= 15 is 0 Å². The second-order valence-electron chi connectivity index (χ2n) is 4.17. The topological polar surface area (TPSA) is 38.0 Å². The van der Waals surface area contributed by atoms with E-state index < -0.39 is 6.10 Å². The zero-order valence-electron chi connectivity index (χ0n) is 9.68. The molecule has 0 radical (unpaired) electrons. The summed E-state index contributed by atoms with van der Waals surface area (Å²) in [5.74, 6) is 0. The normalized spacial score (nSPS) is 12.6. The van der Waals surface area contributed by atoms with Crippen molar-refractivity contribution in [3.63, 3.8) is 0 Å². The van der Waals surface area contributed by atoms with Gasteiger partial charge in [0.25, 0.3) is 0 Å². The van der Waals surface area contributed by atoms with E-state index in [2.05, 4.69) is 5.10 Å². The van der Waals surface area contributed by atoms with Crippen LogP contribution in [-0.4, -0.2) is 21.0 Å². The van der Waals surface area contributed by atoms with Crippen LogP contribution in [0, 0.1) is 0 Å². The third-order valence-corrected chi connectivity index (χ3v) is 2.81. The number of aromatic nitrogens is 2. The molecular formula is C13H15ClN2O. The number of aryl methyl sites for hydroxylation is 1. The lowest BCUT2D eigenvalue weighted by Gasteiger charge is -2.09. The minimum Gasteiger partial charge on any atom is -0.392 e. The van der Waals surface area contributed by atoms with Crippen LogP contribution in [0.2, 0.25) is 5.02 Å². The number of aliphatic hydroxyl groups excluding tert-OH is 1. The summed E-state index contributed by atoms with van der Waals surface area (Å²) < 4.78 is 1.74. The van der Waals surface area contributed by atoms with Crippen LogP contribution in [0.15, 0.2) is 36.5 Å². The molecule has 0 bridgehead atoms. The maximum absolute atomic E-state index is 9.96. The molecule has 90 valence electrons. The van der Waals surface area contributed by atoms with E-state index in [9.17, 15) is 5.11 Å². The molecule has 0 fully saturated rings. The number of hydrogen-bond donors (Lipinski definition) is 1. The summed E-state index contributed by atoms with van der Waals surface area (Å²) >= 11 is 5.89. The van der Waals surface area contributed by atoms with E-state index in [0.29, 0.717) is 17.9 Å². The largest absolute Gasteiger partial charge is 0.392 e. The molecule has 0 saturated heterocycles. The van der Waals surface area contributed by atoms with E-state index in [4.69, 9.17) is 11.6 Å². The highest BCUT2D eigenvalue weighted by molar-refractivity contribution is 6.30. The van der Waals surface area contributed by atoms with Crippen LogP contribution in [0.5, 0.6) is 0 Å². The van der Waals surface area contributed by atoms with E-state index in [1.807, 2.05) is 43.6 Å². The molecule has 1 N–H and O–H groups in total. The first-order chi connectivity index (χ1) is 8.13. The predicted molar refractivity (Wildman–Crippen MR) is 68.1 cm³/mol. The molecule has 1 heterocycles. The van der Waals surface area contributed by atoms with Gasteiger partial charge in [-0.2, -0.15) is 5.10 Å². The van der Waals surface area contributed by atoms with Crippen molar-refractivity contribution < 1.29 is 5.11 Å². The van der Waals surface area contributed by atoms with Gasteiger partial charge in [-0.3, -0.25) is 4.68 Å². The molecule has 1 aromatic carbocycles. The van der Waals surface area contributed by atoms with Gasteiger partial charge in [0.05, 0.1) is 11.8 Å². The Bertz CT molecular complexity index is 496. The Hall–Kier alpha value is -1.32. The highest BCUT2D eigenvalue weighted by atomic mass is 35.5. The van der Waals surface area contributed by atoms with Crippen molar-refractivity contribution in [3.8, 4) is 0 Å². The van der Waals surface area contributed by atoms with Gasteiger partial charge < -0.3 is 5.11 Å². The number of rotatable bonds is 4. The Kier molecular flexibility index (Phi) is 3.82. The van der Waals surface area contributed by atoms with Crippen molar-refractivity contribution in [2.45, 2.75) is 18.9 Å². The van der Waals surface area contributed by atoms with Crippen LogP contribution in [0.1, 0.15) is 11.3 Å². The van der Waals surface area contributed by atoms with Gasteiger partial charge in [0.15, 0.2) is 0 Å². The summed E-state index contributed by atoms with van der Waals surface area (Å²) in [5.41, 5.74) is 1.95. The number of benzene rings is 1. The molecule has 4 heteroatoms. The summed E-state index contributed by atoms with van der Waals surface area (Å²) in [6.45, 7) is 0. The lowest BCUT2D eigenvalue weighted by atomic mass is 10.0. The van der Waals surface area contributed by atoms with Crippen LogP contribution in [-0.2, 0) is 19.9 Å². The van der Waals surface area contributed by atoms with Gasteiger partial charge in [-0.15, -0.1) is 0 Å². The summed E-state index contributed by atoms with van der Waals surface area (Å²) in [6, 6.07) is 9.49. The lowest BCUT2D eigenvalue weighted by molar-refractivity contribution is 0.174. The van der Waals surface area contributed by atoms with Crippen molar-refractivity contribution >= 4 is 11.6 Å². The SMILES string of the molecule is Cn1ccc(CC(O)Cc2cccc(Cl)c2)n1. The summed E-state index contributed by atoms with van der Waals surface area (Å²) in [5, 5.41) is 14.9. The summed E-state index contributed by atoms with van der Waals surface area (Å²) in [6.07, 6.45) is 2.61. The average Bonchev–Trinajstić information content (AvgIpc) is 2.63. The fraction of sp³-hybridized carbons (Fsp3) is 0.308. The maximum atomic E-state index is 9.96. The Morgan fingerprint density at radius 2 is 2.18 bits per heavy atom. The Morgan fingerprint density at radius 1 is 1.35 bits per heavy atom. The molecular weight excluding hydrogens is 236 g/mol. The molecule has 1 atom stereocenters. The van der Waals surface area contributed by atoms with Crippen molar-refractivity contribution in [2.75, 3.05) is 0 Å². The monoisotopic (exact) mass is 250 g/mol. The number of halogens is 1. The van der Waals surface area contributed by atoms with Crippen LogP contribution < -0.4 is 0 Å². The molecule has 0 amide bonds. The van der Waals surface area contributed by atoms with Crippen molar-refractivity contribution in [1.82, 2.24) is 9.78 Å². The smallest absolute Gasteiger partial charge is 0.0650 e. The number of hydrogen-bond acceptors (Lipinski definition) is 2. The van der Waals surface area contributed by atoms with Crippen LogP contribution >= 0.6 is 11.6 Å². The molecule has 1 unspecified atom stereocenters. The van der Waals surface area contributed by atoms with E-state index in [0.717, 1.165) is 11.3 Å². The summed E-state index contributed by atoms with van der Waals surface area (Å²) in [4.78, 5) is 0. The minimum atomic E-state index is -0.427. The first-order valence-electron chi connectivity index (χ1n) is 5.54. The van der Waals surface area contributed by atoms with Crippen molar-refractivity contribution in [3.05, 3.63) is 52.8 Å². The zero-order chi connectivity index (χ0) is 12.3. The molecule has 0 aliphatic rings. The first-order valence-corrected chi connectivity index (χ1v) is 5.92. The lowest BCUT2D eigenvalue weighted by Crippen LogP contribution is -2.14. The number of aliphatic hydroxyl groups is 1. The fourth-order valence-electron chi connectivity index (χ4n) is 1.82. The van der Waals surface area contributed by atoms with Crippen molar-refractivity contribution in [1.29, 1.82) is 0 Å². The van der Waals surface area contributed by atoms with Crippen LogP contribution in [0.3, 0.4) is 0 Å². The highest BCUT2D eigenvalue weighted by Crippen LogP contribution is 2.13. The molecule has 17 heavy (non-hydrogen) atoms. The molecule has 0 aliphatic carbocycles. The quantitative estimate of drug-likeness (QED) is 0.904. The van der Waals surface area contributed by atoms with E-state index in [1.165, 1.54) is 0 Å². The minimum absolute atomic E-state index is 0.427. The zero-order valence-corrected chi connectivity index (χ0v) is 10.4. The molecule has 2 aromatic rings. The number of nitrogens with zero attached hydrogens (tertiary/aromatic N) is 2. The third-order valence-electron chi connectivity index (χ3n) is 2.57. The second-order valence-corrected chi connectivity index (χ2v) is 4.61. The Balaban J connectivity index is 1.95. The molecule has 0 spiro atoms. The first kappa shape index (κ1) is 12.1. The van der Waals surface area contributed by atoms with Gasteiger partial charge >= 0.3 is 0 Å². The molecule has 1 aromatic heterocycles. The molecule has 3 nitrogen and oxygen atoms in total. The van der Waals surface area contributed by atoms with Gasteiger partial charge in [-0.05, 0) is 30.2 Å². The van der Waals surface area contributed by atoms with E-state index in [-0.39, 0.29) is 0 Å². The summed E-state index contributed by atoms with van der Waals surface area (Å²) in [7, 11) is 1.87. The molecule has 0 saturated carbocycles. The van der Waals surface area contributed by atoms with E-state index in [1.54, 1.807) is 4.68 Å². The van der Waals surface area contributed by atoms with Gasteiger partial charge in [0.2, 0.25) is 0 Å². The second kappa shape index (κ2) is 5.34. The van der Waals surface area contributed by atoms with Gasteiger partial charge in [-0.25, -0.2) is 0 Å². The van der Waals surface area contributed by atoms with Crippen molar-refractivity contribution in [2.24, 2.45) is 7.05 Å². The predicted octanol–water partition coefficient (Wildman–Crippen LogP) is 2.22. The average molecular weight is 251 g/mol. The molecule has 0 aliphatic heterocycles. The highest BCUT2D eigenvalue weighted by Gasteiger charge is 2.09. The molecule has 2 rings (SSSR count). The Morgan fingerprint density at radius 3 is 2.82 bits per heavy atom. The third kappa shape index (κ3) is 3.58. The van der Waals surface area contributed by atoms with Gasteiger partial charge in [0, 0.05) is 24.7 Å². The van der Waals surface area contributed by atoms with Gasteiger partial charge in [-0.1, -0.05) is 23.7 Å². The van der Waals surface area contributed by atoms with Gasteiger partial charge in [0.1, 0.15) is 0 Å². The standard InChI is InChI=1S/C13H15ClN2O/c1-16-6-5-12(15-16)9-13(17)8-10-3-2-4-11(14)7-10/h2-7,13,17H,8-9H2,1H3.